The fourth-order valence-corrected chi connectivity index (χ4v) is 3.83. The first-order valence-corrected chi connectivity index (χ1v) is 8.14. The second-order valence-corrected chi connectivity index (χ2v) is 6.73. The van der Waals surface area contributed by atoms with Gasteiger partial charge in [-0.15, -0.1) is 0 Å². The zero-order chi connectivity index (χ0) is 14.7. The van der Waals surface area contributed by atoms with Crippen molar-refractivity contribution in [1.82, 2.24) is 9.80 Å². The molecule has 112 valence electrons. The van der Waals surface area contributed by atoms with Gasteiger partial charge < -0.3 is 4.90 Å². The molecule has 0 radical (unpaired) electrons. The Labute approximate surface area is 128 Å². The standard InChI is InChI=1S/C18H25N3/c1-20-9-6-17(7-10-20)18-8-11-21(14-18)13-16-4-2-15(12-19)3-5-16/h2-5,17-18H,6-11,13-14H2,1H3. The van der Waals surface area contributed by atoms with Crippen LogP contribution in [0.5, 0.6) is 0 Å². The van der Waals surface area contributed by atoms with Gasteiger partial charge >= 0.3 is 0 Å². The molecule has 0 spiro atoms. The van der Waals surface area contributed by atoms with E-state index in [-0.39, 0.29) is 0 Å². The number of nitriles is 1. The van der Waals surface area contributed by atoms with Gasteiger partial charge in [0.05, 0.1) is 11.6 Å². The van der Waals surface area contributed by atoms with Crippen LogP contribution in [0.1, 0.15) is 30.4 Å². The predicted molar refractivity (Wildman–Crippen MR) is 84.8 cm³/mol. The summed E-state index contributed by atoms with van der Waals surface area (Å²) in [6.07, 6.45) is 4.13. The molecular formula is C18H25N3. The van der Waals surface area contributed by atoms with Gasteiger partial charge in [-0.3, -0.25) is 4.90 Å². The van der Waals surface area contributed by atoms with Crippen molar-refractivity contribution >= 4 is 0 Å². The molecule has 1 atom stereocenters. The Morgan fingerprint density at radius 2 is 1.71 bits per heavy atom. The van der Waals surface area contributed by atoms with Crippen LogP contribution in [0, 0.1) is 23.2 Å². The van der Waals surface area contributed by atoms with Crippen LogP contribution in [0.2, 0.25) is 0 Å². The first kappa shape index (κ1) is 14.6. The highest BCUT2D eigenvalue weighted by atomic mass is 15.1. The van der Waals surface area contributed by atoms with Crippen LogP contribution in [0.15, 0.2) is 24.3 Å². The summed E-state index contributed by atoms with van der Waals surface area (Å²) in [6, 6.07) is 10.2. The van der Waals surface area contributed by atoms with Gasteiger partial charge in [0.15, 0.2) is 0 Å². The van der Waals surface area contributed by atoms with Crippen molar-refractivity contribution in [3.05, 3.63) is 35.4 Å². The van der Waals surface area contributed by atoms with E-state index in [1.54, 1.807) is 0 Å². The van der Waals surface area contributed by atoms with Crippen molar-refractivity contribution in [2.24, 2.45) is 11.8 Å². The molecule has 2 aliphatic heterocycles. The van der Waals surface area contributed by atoms with Gasteiger partial charge in [-0.2, -0.15) is 5.26 Å². The smallest absolute Gasteiger partial charge is 0.0991 e. The minimum Gasteiger partial charge on any atom is -0.306 e. The van der Waals surface area contributed by atoms with Crippen LogP contribution in [0.25, 0.3) is 0 Å². The molecule has 0 saturated carbocycles. The molecule has 3 heteroatoms. The maximum atomic E-state index is 8.85. The van der Waals surface area contributed by atoms with E-state index in [2.05, 4.69) is 35.0 Å². The highest BCUT2D eigenvalue weighted by Gasteiger charge is 2.31. The second kappa shape index (κ2) is 6.60. The van der Waals surface area contributed by atoms with Crippen molar-refractivity contribution in [1.29, 1.82) is 5.26 Å². The number of nitrogens with zero attached hydrogens (tertiary/aromatic N) is 3. The van der Waals surface area contributed by atoms with Gasteiger partial charge in [-0.05, 0) is 75.5 Å². The predicted octanol–water partition coefficient (Wildman–Crippen LogP) is 2.72. The van der Waals surface area contributed by atoms with Gasteiger partial charge in [0.1, 0.15) is 0 Å². The number of hydrogen-bond acceptors (Lipinski definition) is 3. The van der Waals surface area contributed by atoms with Crippen LogP contribution < -0.4 is 0 Å². The van der Waals surface area contributed by atoms with E-state index in [1.807, 2.05) is 12.1 Å². The quantitative estimate of drug-likeness (QED) is 0.854. The third-order valence-electron chi connectivity index (χ3n) is 5.23. The van der Waals surface area contributed by atoms with E-state index in [0.717, 1.165) is 23.9 Å². The van der Waals surface area contributed by atoms with Crippen LogP contribution in [-0.2, 0) is 6.54 Å². The Morgan fingerprint density at radius 1 is 1.05 bits per heavy atom. The minimum absolute atomic E-state index is 0.754. The number of benzene rings is 1. The molecule has 1 aromatic rings. The monoisotopic (exact) mass is 283 g/mol. The van der Waals surface area contributed by atoms with Gasteiger partial charge in [0.2, 0.25) is 0 Å². The summed E-state index contributed by atoms with van der Waals surface area (Å²) >= 11 is 0. The third-order valence-corrected chi connectivity index (χ3v) is 5.23. The van der Waals surface area contributed by atoms with Gasteiger partial charge in [0.25, 0.3) is 0 Å². The number of rotatable bonds is 3. The molecular weight excluding hydrogens is 258 g/mol. The number of hydrogen-bond donors (Lipinski definition) is 0. The zero-order valence-corrected chi connectivity index (χ0v) is 13.0. The number of likely N-dealkylation sites (tertiary alicyclic amines) is 2. The SMILES string of the molecule is CN1CCC(C2CCN(Cc3ccc(C#N)cc3)C2)CC1. The molecule has 0 bridgehead atoms. The molecule has 0 aromatic heterocycles. The fourth-order valence-electron chi connectivity index (χ4n) is 3.83. The Hall–Kier alpha value is -1.37. The maximum absolute atomic E-state index is 8.85. The zero-order valence-electron chi connectivity index (χ0n) is 13.0. The Kier molecular flexibility index (Phi) is 4.57. The molecule has 3 nitrogen and oxygen atoms in total. The lowest BCUT2D eigenvalue weighted by Gasteiger charge is -2.32. The van der Waals surface area contributed by atoms with Crippen molar-refractivity contribution in [2.45, 2.75) is 25.8 Å². The van der Waals surface area contributed by atoms with Gasteiger partial charge in [0, 0.05) is 13.1 Å². The summed E-state index contributed by atoms with van der Waals surface area (Å²) < 4.78 is 0. The van der Waals surface area contributed by atoms with E-state index in [4.69, 9.17) is 5.26 Å². The maximum Gasteiger partial charge on any atom is 0.0991 e. The normalized spacial score (nSPS) is 25.0. The highest BCUT2D eigenvalue weighted by molar-refractivity contribution is 5.31. The van der Waals surface area contributed by atoms with E-state index >= 15 is 0 Å². The first-order chi connectivity index (χ1) is 10.2. The van der Waals surface area contributed by atoms with Crippen molar-refractivity contribution in [2.75, 3.05) is 33.2 Å². The summed E-state index contributed by atoms with van der Waals surface area (Å²) in [5.74, 6) is 1.84. The average Bonchev–Trinajstić information content (AvgIpc) is 2.97. The van der Waals surface area contributed by atoms with Crippen LogP contribution in [-0.4, -0.2) is 43.0 Å². The van der Waals surface area contributed by atoms with Crippen molar-refractivity contribution in [3.8, 4) is 6.07 Å². The fraction of sp³-hybridized carbons (Fsp3) is 0.611. The summed E-state index contributed by atoms with van der Waals surface area (Å²) in [5.41, 5.74) is 2.09. The summed E-state index contributed by atoms with van der Waals surface area (Å²) in [7, 11) is 2.24. The second-order valence-electron chi connectivity index (χ2n) is 6.73. The molecule has 1 aromatic carbocycles. The minimum atomic E-state index is 0.754. The largest absolute Gasteiger partial charge is 0.306 e. The summed E-state index contributed by atoms with van der Waals surface area (Å²) in [4.78, 5) is 5.05. The third kappa shape index (κ3) is 3.64. The Balaban J connectivity index is 1.51. The van der Waals surface area contributed by atoms with Crippen LogP contribution in [0.3, 0.4) is 0 Å². The molecule has 1 unspecified atom stereocenters. The lowest BCUT2D eigenvalue weighted by molar-refractivity contribution is 0.169. The molecule has 21 heavy (non-hydrogen) atoms. The van der Waals surface area contributed by atoms with E-state index in [9.17, 15) is 0 Å². The lowest BCUT2D eigenvalue weighted by atomic mass is 9.84. The number of piperidine rings is 1. The molecule has 2 fully saturated rings. The van der Waals surface area contributed by atoms with E-state index in [0.29, 0.717) is 0 Å². The van der Waals surface area contributed by atoms with Gasteiger partial charge in [-0.1, -0.05) is 12.1 Å². The molecule has 2 saturated heterocycles. The Bertz CT molecular complexity index is 494. The van der Waals surface area contributed by atoms with Crippen LogP contribution >= 0.6 is 0 Å². The van der Waals surface area contributed by atoms with Crippen molar-refractivity contribution < 1.29 is 0 Å². The average molecular weight is 283 g/mol. The molecule has 2 heterocycles. The first-order valence-electron chi connectivity index (χ1n) is 8.14. The molecule has 0 amide bonds. The topological polar surface area (TPSA) is 30.3 Å². The van der Waals surface area contributed by atoms with Gasteiger partial charge in [-0.25, -0.2) is 0 Å². The molecule has 0 aliphatic carbocycles. The lowest BCUT2D eigenvalue weighted by Crippen LogP contribution is -2.34. The van der Waals surface area contributed by atoms with Crippen LogP contribution in [0.4, 0.5) is 0 Å². The summed E-state index contributed by atoms with van der Waals surface area (Å²) in [5, 5.41) is 8.85. The molecule has 2 aliphatic rings. The molecule has 3 rings (SSSR count). The molecule has 0 N–H and O–H groups in total. The highest BCUT2D eigenvalue weighted by Crippen LogP contribution is 2.32. The van der Waals surface area contributed by atoms with E-state index < -0.39 is 0 Å². The van der Waals surface area contributed by atoms with E-state index in [1.165, 1.54) is 51.0 Å². The summed E-state index contributed by atoms with van der Waals surface area (Å²) in [6.45, 7) is 6.08. The Morgan fingerprint density at radius 3 is 2.38 bits per heavy atom. The van der Waals surface area contributed by atoms with Crippen molar-refractivity contribution in [3.63, 3.8) is 0 Å².